The van der Waals surface area contributed by atoms with Crippen molar-refractivity contribution in [2.45, 2.75) is 51.7 Å². The third-order valence-corrected chi connectivity index (χ3v) is 4.19. The summed E-state index contributed by atoms with van der Waals surface area (Å²) in [5.41, 5.74) is -1.20. The van der Waals surface area contributed by atoms with E-state index in [0.717, 1.165) is 12.8 Å². The second-order valence-electron chi connectivity index (χ2n) is 5.99. The molecular formula is C14H22O4. The van der Waals surface area contributed by atoms with Gasteiger partial charge in [0.1, 0.15) is 5.60 Å². The summed E-state index contributed by atoms with van der Waals surface area (Å²) < 4.78 is 10.7. The Kier molecular flexibility index (Phi) is 3.18. The smallest absolute Gasteiger partial charge is 0.373 e. The summed E-state index contributed by atoms with van der Waals surface area (Å²) in [7, 11) is 0. The zero-order valence-electron chi connectivity index (χ0n) is 11.5. The van der Waals surface area contributed by atoms with Crippen molar-refractivity contribution in [1.82, 2.24) is 0 Å². The second kappa shape index (κ2) is 4.26. The molecule has 4 nitrogen and oxygen atoms in total. The van der Waals surface area contributed by atoms with Crippen molar-refractivity contribution in [3.63, 3.8) is 0 Å². The van der Waals surface area contributed by atoms with Crippen LogP contribution in [0.5, 0.6) is 0 Å². The van der Waals surface area contributed by atoms with Crippen molar-refractivity contribution in [2.24, 2.45) is 11.8 Å². The monoisotopic (exact) mass is 254 g/mol. The molecule has 0 aromatic carbocycles. The molecular weight excluding hydrogens is 232 g/mol. The molecule has 2 aliphatic rings. The number of hydrogen-bond acceptors (Lipinski definition) is 4. The van der Waals surface area contributed by atoms with E-state index in [4.69, 9.17) is 9.47 Å². The molecule has 0 aromatic heterocycles. The van der Waals surface area contributed by atoms with Crippen molar-refractivity contribution in [3.05, 3.63) is 11.8 Å². The maximum Gasteiger partial charge on any atom is 0.373 e. The Morgan fingerprint density at radius 2 is 2.22 bits per heavy atom. The van der Waals surface area contributed by atoms with E-state index in [9.17, 15) is 9.90 Å². The van der Waals surface area contributed by atoms with E-state index in [1.165, 1.54) is 0 Å². The van der Waals surface area contributed by atoms with Crippen LogP contribution in [0.4, 0.5) is 0 Å². The summed E-state index contributed by atoms with van der Waals surface area (Å²) in [6, 6.07) is 0. The molecule has 2 rings (SSSR count). The molecule has 18 heavy (non-hydrogen) atoms. The highest BCUT2D eigenvalue weighted by molar-refractivity contribution is 5.86. The predicted molar refractivity (Wildman–Crippen MR) is 66.7 cm³/mol. The highest BCUT2D eigenvalue weighted by Gasteiger charge is 2.53. The Bertz CT molecular complexity index is 381. The normalized spacial score (nSPS) is 37.5. The van der Waals surface area contributed by atoms with Crippen molar-refractivity contribution in [1.29, 1.82) is 0 Å². The third kappa shape index (κ3) is 2.14. The molecule has 4 heteroatoms. The van der Waals surface area contributed by atoms with Gasteiger partial charge in [-0.05, 0) is 46.6 Å². The van der Waals surface area contributed by atoms with Crippen LogP contribution in [0.25, 0.3) is 0 Å². The summed E-state index contributed by atoms with van der Waals surface area (Å²) >= 11 is 0. The van der Waals surface area contributed by atoms with Gasteiger partial charge < -0.3 is 14.6 Å². The van der Waals surface area contributed by atoms with Crippen LogP contribution in [0, 0.1) is 11.8 Å². The molecule has 1 saturated carbocycles. The molecule has 0 bridgehead atoms. The van der Waals surface area contributed by atoms with Gasteiger partial charge >= 0.3 is 5.97 Å². The molecule has 1 aliphatic heterocycles. The molecule has 102 valence electrons. The maximum atomic E-state index is 11.8. The van der Waals surface area contributed by atoms with Gasteiger partial charge in [-0.2, -0.15) is 0 Å². The lowest BCUT2D eigenvalue weighted by Crippen LogP contribution is -2.45. The van der Waals surface area contributed by atoms with Crippen molar-refractivity contribution in [2.75, 3.05) is 6.61 Å². The van der Waals surface area contributed by atoms with Crippen molar-refractivity contribution < 1.29 is 19.4 Å². The quantitative estimate of drug-likeness (QED) is 0.766. The van der Waals surface area contributed by atoms with Crippen LogP contribution in [-0.2, 0) is 14.3 Å². The standard InChI is InChI=1S/C14H22O4/c1-5-17-12(15)11-8-10-9(13(2,3)18-11)6-7-14(10,4)16/h8-10,16H,5-7H2,1-4H3/t9-,10+,14-/m1/s1. The second-order valence-corrected chi connectivity index (χ2v) is 5.99. The van der Waals surface area contributed by atoms with E-state index in [0.29, 0.717) is 6.61 Å². The number of ether oxygens (including phenoxy) is 2. The highest BCUT2D eigenvalue weighted by atomic mass is 16.6. The lowest BCUT2D eigenvalue weighted by molar-refractivity contribution is -0.150. The SMILES string of the molecule is CCOC(=O)C1=C[C@H]2[C@@H](CC[C@@]2(C)O)C(C)(C)O1. The first-order valence-electron chi connectivity index (χ1n) is 6.58. The Hall–Kier alpha value is -1.03. The first-order chi connectivity index (χ1) is 8.28. The molecule has 0 radical (unpaired) electrons. The third-order valence-electron chi connectivity index (χ3n) is 4.19. The van der Waals surface area contributed by atoms with Gasteiger partial charge in [0.2, 0.25) is 5.76 Å². The van der Waals surface area contributed by atoms with Crippen LogP contribution in [0.1, 0.15) is 40.5 Å². The minimum Gasteiger partial charge on any atom is -0.480 e. The van der Waals surface area contributed by atoms with Gasteiger partial charge in [0.15, 0.2) is 0 Å². The molecule has 0 spiro atoms. The number of hydrogen-bond donors (Lipinski definition) is 1. The summed E-state index contributed by atoms with van der Waals surface area (Å²) in [6.07, 6.45) is 3.40. The lowest BCUT2D eigenvalue weighted by Gasteiger charge is -2.41. The number of aliphatic hydroxyl groups is 1. The minimum absolute atomic E-state index is 0.0411. The van der Waals surface area contributed by atoms with Crippen LogP contribution in [0.2, 0.25) is 0 Å². The van der Waals surface area contributed by atoms with Crippen molar-refractivity contribution in [3.8, 4) is 0 Å². The van der Waals surface area contributed by atoms with Gasteiger partial charge in [-0.15, -0.1) is 0 Å². The Balaban J connectivity index is 2.31. The van der Waals surface area contributed by atoms with Gasteiger partial charge in [-0.1, -0.05) is 0 Å². The van der Waals surface area contributed by atoms with Crippen LogP contribution in [0.3, 0.4) is 0 Å². The number of esters is 1. The zero-order valence-corrected chi connectivity index (χ0v) is 11.5. The fourth-order valence-corrected chi connectivity index (χ4v) is 3.17. The largest absolute Gasteiger partial charge is 0.480 e. The first-order valence-corrected chi connectivity index (χ1v) is 6.58. The summed E-state index contributed by atoms with van der Waals surface area (Å²) in [6.45, 7) is 7.86. The molecule has 0 unspecified atom stereocenters. The van der Waals surface area contributed by atoms with E-state index >= 15 is 0 Å². The van der Waals surface area contributed by atoms with Crippen LogP contribution >= 0.6 is 0 Å². The van der Waals surface area contributed by atoms with E-state index in [2.05, 4.69) is 0 Å². The molecule has 1 fully saturated rings. The van der Waals surface area contributed by atoms with E-state index in [1.807, 2.05) is 20.8 Å². The predicted octanol–water partition coefficient (Wildman–Crippen LogP) is 2.02. The van der Waals surface area contributed by atoms with E-state index < -0.39 is 17.2 Å². The average Bonchev–Trinajstić information content (AvgIpc) is 2.55. The number of fused-ring (bicyclic) bond motifs is 1. The van der Waals surface area contributed by atoms with Crippen molar-refractivity contribution >= 4 is 5.97 Å². The molecule has 1 heterocycles. The lowest BCUT2D eigenvalue weighted by atomic mass is 9.76. The van der Waals surface area contributed by atoms with E-state index in [-0.39, 0.29) is 17.6 Å². The van der Waals surface area contributed by atoms with E-state index in [1.54, 1.807) is 13.0 Å². The maximum absolute atomic E-state index is 11.8. The molecule has 1 N–H and O–H groups in total. The molecule has 3 atom stereocenters. The topological polar surface area (TPSA) is 55.8 Å². The first kappa shape index (κ1) is 13.4. The molecule has 0 amide bonds. The molecule has 0 saturated heterocycles. The Morgan fingerprint density at radius 1 is 1.56 bits per heavy atom. The summed E-state index contributed by atoms with van der Waals surface area (Å²) in [5, 5.41) is 10.4. The fraction of sp³-hybridized carbons (Fsp3) is 0.786. The Morgan fingerprint density at radius 3 is 2.83 bits per heavy atom. The zero-order chi connectivity index (χ0) is 13.6. The fourth-order valence-electron chi connectivity index (χ4n) is 3.17. The number of rotatable bonds is 2. The van der Waals surface area contributed by atoms with Crippen LogP contribution < -0.4 is 0 Å². The van der Waals surface area contributed by atoms with Gasteiger partial charge in [0.05, 0.1) is 12.2 Å². The molecule has 0 aromatic rings. The minimum atomic E-state index is -0.760. The number of carbonyl (C=O) groups excluding carboxylic acids is 1. The summed E-state index contributed by atoms with van der Waals surface area (Å²) in [5.74, 6) is 0.00309. The summed E-state index contributed by atoms with van der Waals surface area (Å²) in [4.78, 5) is 11.8. The van der Waals surface area contributed by atoms with Gasteiger partial charge in [-0.3, -0.25) is 0 Å². The van der Waals surface area contributed by atoms with Crippen LogP contribution in [-0.4, -0.2) is 28.9 Å². The average molecular weight is 254 g/mol. The Labute approximate surface area is 108 Å². The molecule has 1 aliphatic carbocycles. The number of carbonyl (C=O) groups is 1. The van der Waals surface area contributed by atoms with Gasteiger partial charge in [0.25, 0.3) is 0 Å². The van der Waals surface area contributed by atoms with Gasteiger partial charge in [-0.25, -0.2) is 4.79 Å². The highest BCUT2D eigenvalue weighted by Crippen LogP contribution is 2.50. The van der Waals surface area contributed by atoms with Crippen LogP contribution in [0.15, 0.2) is 11.8 Å². The van der Waals surface area contributed by atoms with Gasteiger partial charge in [0, 0.05) is 11.8 Å².